The molecule has 0 unspecified atom stereocenters. The molecular formula is C50H98La2Mn4N6O28-2. The number of carboxylic acid groups (broad SMARTS) is 6. The van der Waals surface area contributed by atoms with Gasteiger partial charge in [0.05, 0.1) is 36.6 Å². The van der Waals surface area contributed by atoms with Gasteiger partial charge in [-0.1, -0.05) is 125 Å². The van der Waals surface area contributed by atoms with Gasteiger partial charge in [-0.15, -0.1) is 26.4 Å². The maximum atomic E-state index is 10.5. The Kier molecular flexibility index (Phi) is 122. The molecule has 0 aliphatic heterocycles. The van der Waals surface area contributed by atoms with Crippen molar-refractivity contribution < 1.29 is 261 Å². The van der Waals surface area contributed by atoms with E-state index in [-0.39, 0.29) is 203 Å². The predicted molar refractivity (Wildman–Crippen MR) is 282 cm³/mol. The van der Waals surface area contributed by atoms with E-state index < -0.39 is 78.5 Å². The summed E-state index contributed by atoms with van der Waals surface area (Å²) in [5.74, 6) is -6.04. The Morgan fingerprint density at radius 3 is 0.433 bits per heavy atom. The number of nitrogens with zero attached hydrogens (tertiary/aromatic N) is 6. The first kappa shape index (κ1) is 137. The Morgan fingerprint density at radius 2 is 0.389 bits per heavy atom. The quantitative estimate of drug-likeness (QED) is 0.0444. The minimum Gasteiger partial charge on any atom is -2.00 e. The van der Waals surface area contributed by atoms with Crippen LogP contribution in [0.5, 0.6) is 0 Å². The normalized spacial score (nSPS) is 9.93. The first-order valence-electron chi connectivity index (χ1n) is 25.3. The number of carbonyl (C=O) groups is 6. The van der Waals surface area contributed by atoms with E-state index in [4.69, 9.17) is 51.1 Å². The summed E-state index contributed by atoms with van der Waals surface area (Å²) in [7, 11) is 0. The molecule has 0 aromatic heterocycles. The van der Waals surface area contributed by atoms with Gasteiger partial charge in [0.15, 0.2) is 0 Å². The van der Waals surface area contributed by atoms with Crippen LogP contribution in [0.25, 0.3) is 0 Å². The van der Waals surface area contributed by atoms with Crippen molar-refractivity contribution in [2.75, 3.05) is 131 Å². The molecule has 0 spiro atoms. The van der Waals surface area contributed by atoms with Crippen molar-refractivity contribution in [3.8, 4) is 0 Å². The van der Waals surface area contributed by atoms with Crippen molar-refractivity contribution in [3.05, 3.63) is 30.6 Å². The molecule has 0 saturated heterocycles. The third kappa shape index (κ3) is 135. The Labute approximate surface area is 629 Å². The third-order valence-electron chi connectivity index (χ3n) is 8.43. The molecule has 0 aliphatic rings. The van der Waals surface area contributed by atoms with Crippen LogP contribution < -0.4 is 51.1 Å². The Hall–Kier alpha value is -0.872. The molecule has 0 aromatic carbocycles. The van der Waals surface area contributed by atoms with Gasteiger partial charge in [0, 0.05) is 156 Å². The standard InChI is InChI=1S/2C10H22N2O4.6C5H10O2.2La.4Mn.2NO3.2O/c2*13-7-3-11(4-8-14)1-2-12(5-9-15)6-10-16;6*1-5(2,3)4(6)7;;;;;;;2*2-1(3)4;;/h2*13,15H,1-10H2;6*1-3H3,(H,6,7);;;;;;;;;;/q2*-2;;;;;;;;+3;+2;3*+3;2*-1;2*-2/p-6. The molecule has 90 heavy (non-hydrogen) atoms. The molecule has 532 valence electrons. The van der Waals surface area contributed by atoms with E-state index >= 15 is 0 Å². The minimum atomic E-state index is -1.75. The van der Waals surface area contributed by atoms with E-state index in [1.165, 1.54) is 0 Å². The van der Waals surface area contributed by atoms with Gasteiger partial charge in [0.2, 0.25) is 0 Å². The van der Waals surface area contributed by atoms with Gasteiger partial charge in [-0.2, -0.15) is 0 Å². The number of carboxylic acids is 6. The maximum absolute atomic E-state index is 10.5. The smallest absolute Gasteiger partial charge is 2.00 e. The molecule has 34 nitrogen and oxygen atoms in total. The molecule has 0 fully saturated rings. The number of aliphatic hydroxyl groups is 4. The topological polar surface area (TPSA) is 616 Å². The first-order chi connectivity index (χ1) is 36.7. The molecule has 0 aromatic rings. The number of hydrogen-bond donors (Lipinski definition) is 4. The summed E-state index contributed by atoms with van der Waals surface area (Å²) < 4.78 is 0. The van der Waals surface area contributed by atoms with Gasteiger partial charge in [0.1, 0.15) is 0 Å². The van der Waals surface area contributed by atoms with Crippen molar-refractivity contribution in [2.24, 2.45) is 32.5 Å². The molecule has 0 atom stereocenters. The van der Waals surface area contributed by atoms with Crippen LogP contribution in [0.1, 0.15) is 125 Å². The Bertz CT molecular complexity index is 1350. The SMILES string of the molecule is CC(C)(C)C(=O)[O-].CC(C)(C)C(=O)[O-].CC(C)(C)C(=O)[O-].CC(C)(C)C(=O)[O-].CC(C)(C)C(=O)[O-].CC(C)(C)C(=O)[O-].O=[N+]([O-])[O-].O=[N+]([O-])[O-].[La+3].[La].[Mn+2].[Mn+3].[Mn+3].[Mn+3].[O-2].[O-2].[O-]CCN(CCO)CCN(CC[O-])CCO.[O-]CCN(CCO)CCN(CC[O-])CCO. The molecule has 0 heterocycles. The van der Waals surface area contributed by atoms with Crippen LogP contribution in [0.3, 0.4) is 0 Å². The number of hydrogen-bond acceptors (Lipinski definition) is 30. The van der Waals surface area contributed by atoms with E-state index in [0.717, 1.165) is 0 Å². The number of carbonyl (C=O) groups excluding carboxylic acids is 6. The second-order valence-electron chi connectivity index (χ2n) is 22.7. The fraction of sp³-hybridized carbons (Fsp3) is 0.880. The van der Waals surface area contributed by atoms with Crippen LogP contribution in [-0.4, -0.2) is 217 Å². The molecule has 0 amide bonds. The van der Waals surface area contributed by atoms with Gasteiger partial charge in [0.25, 0.3) is 0 Å². The van der Waals surface area contributed by atoms with Crippen molar-refractivity contribution in [1.82, 2.24) is 19.6 Å². The largest absolute Gasteiger partial charge is 3.00 e. The average Bonchev–Trinajstić information content (AvgIpc) is 3.27. The summed E-state index contributed by atoms with van der Waals surface area (Å²) in [6.45, 7) is 34.2. The minimum absolute atomic E-state index is 0. The van der Waals surface area contributed by atoms with E-state index in [2.05, 4.69) is 0 Å². The zero-order chi connectivity index (χ0) is 68.1. The predicted octanol–water partition coefficient (Wildman–Crippen LogP) is -9.44. The van der Waals surface area contributed by atoms with Crippen molar-refractivity contribution in [2.45, 2.75) is 125 Å². The van der Waals surface area contributed by atoms with Gasteiger partial charge in [-0.05, 0) is 26.2 Å². The van der Waals surface area contributed by atoms with Gasteiger partial charge in [-0.25, -0.2) is 0 Å². The number of rotatable bonds is 22. The summed E-state index contributed by atoms with van der Waals surface area (Å²) in [4.78, 5) is 83.4. The van der Waals surface area contributed by atoms with Crippen molar-refractivity contribution >= 4 is 35.8 Å². The molecular weight excluding hydrogens is 1630 g/mol. The molecule has 4 N–H and O–H groups in total. The van der Waals surface area contributed by atoms with E-state index in [1.807, 2.05) is 19.6 Å². The van der Waals surface area contributed by atoms with Crippen LogP contribution in [0, 0.1) is 134 Å². The molecule has 0 rings (SSSR count). The van der Waals surface area contributed by atoms with Gasteiger partial charge in [-0.3, -0.25) is 0 Å². The Morgan fingerprint density at radius 1 is 0.311 bits per heavy atom. The Balaban J connectivity index is -0.0000000409. The van der Waals surface area contributed by atoms with E-state index in [0.29, 0.717) is 78.5 Å². The zero-order valence-corrected chi connectivity index (χ0v) is 67.1. The fourth-order valence-corrected chi connectivity index (χ4v) is 2.99. The van der Waals surface area contributed by atoms with Crippen LogP contribution >= 0.6 is 0 Å². The number of aliphatic hydroxyl groups excluding tert-OH is 4. The zero-order valence-electron chi connectivity index (χ0n) is 55.1. The summed E-state index contributed by atoms with van der Waals surface area (Å²) in [6.07, 6.45) is 0. The summed E-state index contributed by atoms with van der Waals surface area (Å²) in [6, 6.07) is 0. The van der Waals surface area contributed by atoms with E-state index in [1.54, 1.807) is 125 Å². The maximum Gasteiger partial charge on any atom is 3.00 e. The monoisotopic (exact) mass is 1730 g/mol. The third-order valence-corrected chi connectivity index (χ3v) is 8.43. The van der Waals surface area contributed by atoms with E-state index in [9.17, 15) is 79.8 Å². The molecule has 0 aliphatic carbocycles. The van der Waals surface area contributed by atoms with Crippen molar-refractivity contribution in [3.63, 3.8) is 0 Å². The second kappa shape index (κ2) is 80.6. The second-order valence-corrected chi connectivity index (χ2v) is 22.7. The molecule has 40 heteroatoms. The molecule has 2 radical (unpaired) electrons. The van der Waals surface area contributed by atoms with Gasteiger partial charge < -0.3 is 161 Å². The van der Waals surface area contributed by atoms with Crippen molar-refractivity contribution in [1.29, 1.82) is 0 Å². The fourth-order valence-electron chi connectivity index (χ4n) is 2.99. The average molecular weight is 1730 g/mol. The molecule has 0 saturated carbocycles. The summed E-state index contributed by atoms with van der Waals surface area (Å²) in [5.41, 5.74) is -4.17. The van der Waals surface area contributed by atoms with Crippen LogP contribution in [0.2, 0.25) is 0 Å². The van der Waals surface area contributed by atoms with Crippen LogP contribution in [0.4, 0.5) is 0 Å². The summed E-state index contributed by atoms with van der Waals surface area (Å²) >= 11 is 0. The number of aliphatic carboxylic acids is 6. The summed E-state index contributed by atoms with van der Waals surface area (Å²) in [5, 5.41) is 166. The van der Waals surface area contributed by atoms with Crippen LogP contribution in [-0.2, 0) is 108 Å². The van der Waals surface area contributed by atoms with Crippen LogP contribution in [0.15, 0.2) is 0 Å². The first-order valence-corrected chi connectivity index (χ1v) is 25.3. The van der Waals surface area contributed by atoms with Gasteiger partial charge >= 0.3 is 104 Å². The molecule has 0 bridgehead atoms.